The Morgan fingerprint density at radius 2 is 1.88 bits per heavy atom. The first-order valence-corrected chi connectivity index (χ1v) is 8.98. The number of para-hydroxylation sites is 1. The molecule has 0 bridgehead atoms. The zero-order chi connectivity index (χ0) is 17.6. The van der Waals surface area contributed by atoms with E-state index in [9.17, 15) is 9.90 Å². The van der Waals surface area contributed by atoms with Crippen molar-refractivity contribution in [3.8, 4) is 5.88 Å². The zero-order valence-corrected chi connectivity index (χ0v) is 15.0. The molecule has 124 valence electrons. The van der Waals surface area contributed by atoms with Gasteiger partial charge in [-0.25, -0.2) is 4.99 Å². The van der Waals surface area contributed by atoms with Crippen LogP contribution < -0.4 is 10.6 Å². The van der Waals surface area contributed by atoms with E-state index in [4.69, 9.17) is 12.2 Å². The molecule has 0 aliphatic carbocycles. The molecule has 6 heteroatoms. The van der Waals surface area contributed by atoms with Gasteiger partial charge in [0.1, 0.15) is 4.88 Å². The fourth-order valence-electron chi connectivity index (χ4n) is 2.86. The lowest BCUT2D eigenvalue weighted by atomic mass is 10.1. The van der Waals surface area contributed by atoms with Gasteiger partial charge < -0.3 is 5.11 Å². The number of benzene rings is 2. The van der Waals surface area contributed by atoms with Crippen LogP contribution in [-0.4, -0.2) is 15.6 Å². The molecule has 1 aromatic heterocycles. The quantitative estimate of drug-likeness (QED) is 0.725. The molecule has 25 heavy (non-hydrogen) atoms. The minimum Gasteiger partial charge on any atom is -0.493 e. The first-order valence-electron chi connectivity index (χ1n) is 7.75. The predicted octanol–water partition coefficient (Wildman–Crippen LogP) is 2.70. The highest BCUT2D eigenvalue weighted by atomic mass is 32.1. The van der Waals surface area contributed by atoms with Crippen LogP contribution in [0.3, 0.4) is 0 Å². The Balaban J connectivity index is 1.85. The summed E-state index contributed by atoms with van der Waals surface area (Å²) in [5.41, 5.74) is 2.63. The molecule has 1 amide bonds. The average Bonchev–Trinajstić information content (AvgIpc) is 3.06. The number of carbonyl (C=O) groups is 1. The Kier molecular flexibility index (Phi) is 3.86. The monoisotopic (exact) mass is 366 g/mol. The fourth-order valence-corrected chi connectivity index (χ4v) is 4.20. The summed E-state index contributed by atoms with van der Waals surface area (Å²) in [4.78, 5) is 16.9. The summed E-state index contributed by atoms with van der Waals surface area (Å²) < 4.78 is 2.18. The summed E-state index contributed by atoms with van der Waals surface area (Å²) in [6.45, 7) is 2.49. The highest BCUT2D eigenvalue weighted by Gasteiger charge is 2.25. The van der Waals surface area contributed by atoms with Crippen LogP contribution in [0, 0.1) is 10.9 Å². The van der Waals surface area contributed by atoms with Crippen LogP contribution in [0.5, 0.6) is 5.88 Å². The number of aromatic hydroxyl groups is 1. The molecule has 4 rings (SSSR count). The van der Waals surface area contributed by atoms with Crippen LogP contribution in [0.4, 0.5) is 0 Å². The Hall–Kier alpha value is -2.57. The Bertz CT molecular complexity index is 1170. The van der Waals surface area contributed by atoms with Gasteiger partial charge in [0.25, 0.3) is 5.91 Å². The van der Waals surface area contributed by atoms with Gasteiger partial charge in [-0.2, -0.15) is 0 Å². The number of aryl methyl sites for hydroxylation is 1. The fraction of sp³-hybridized carbons (Fsp3) is 0.105. The van der Waals surface area contributed by atoms with E-state index in [1.54, 1.807) is 10.6 Å². The van der Waals surface area contributed by atoms with Crippen LogP contribution >= 0.6 is 23.6 Å². The molecule has 0 fully saturated rings. The van der Waals surface area contributed by atoms with Crippen LogP contribution in [0.2, 0.25) is 0 Å². The molecule has 2 aromatic carbocycles. The molecule has 0 atom stereocenters. The molecule has 2 heterocycles. The number of carbonyl (C=O) groups excluding carboxylic acids is 1. The highest BCUT2D eigenvalue weighted by molar-refractivity contribution is 7.73. The lowest BCUT2D eigenvalue weighted by Crippen LogP contribution is -2.22. The van der Waals surface area contributed by atoms with Gasteiger partial charge >= 0.3 is 0 Å². The molecule has 0 spiro atoms. The third-order valence-corrected chi connectivity index (χ3v) is 5.62. The van der Waals surface area contributed by atoms with Gasteiger partial charge in [0.05, 0.1) is 17.5 Å². The minimum absolute atomic E-state index is 0.0193. The van der Waals surface area contributed by atoms with Crippen molar-refractivity contribution in [3.63, 3.8) is 0 Å². The standard InChI is InChI=1S/C19H14N2O2S2/c1-11-6-8-12(9-7-11)10-21-18(23)16(25-19(21)24)15-13-4-2-3-5-14(13)20-17(15)22/h2-9,23H,10H2,1H3. The number of rotatable bonds is 3. The summed E-state index contributed by atoms with van der Waals surface area (Å²) in [5.74, 6) is -0.318. The SMILES string of the molecule is Cc1ccc(Cn2c(O)c(C3=c4ccccc4=NC3=O)sc2=S)cc1. The lowest BCUT2D eigenvalue weighted by molar-refractivity contribution is -0.112. The van der Waals surface area contributed by atoms with Crippen LogP contribution in [0.1, 0.15) is 16.0 Å². The summed E-state index contributed by atoms with van der Waals surface area (Å²) >= 11 is 6.66. The van der Waals surface area contributed by atoms with Crippen molar-refractivity contribution in [2.45, 2.75) is 13.5 Å². The molecule has 4 nitrogen and oxygen atoms in total. The van der Waals surface area contributed by atoms with Gasteiger partial charge in [-0.3, -0.25) is 9.36 Å². The number of nitrogens with zero attached hydrogens (tertiary/aromatic N) is 2. The number of hydrogen-bond acceptors (Lipinski definition) is 4. The van der Waals surface area contributed by atoms with E-state index in [0.29, 0.717) is 26.3 Å². The number of fused-ring (bicyclic) bond motifs is 1. The Morgan fingerprint density at radius 1 is 1.16 bits per heavy atom. The van der Waals surface area contributed by atoms with Crippen molar-refractivity contribution in [1.29, 1.82) is 0 Å². The first kappa shape index (κ1) is 15.9. The molecular weight excluding hydrogens is 352 g/mol. The third-order valence-electron chi connectivity index (χ3n) is 4.17. The molecular formula is C19H14N2O2S2. The van der Waals surface area contributed by atoms with Crippen molar-refractivity contribution >= 4 is 35.0 Å². The third kappa shape index (κ3) is 2.73. The minimum atomic E-state index is -0.338. The largest absolute Gasteiger partial charge is 0.493 e. The van der Waals surface area contributed by atoms with E-state index < -0.39 is 0 Å². The number of hydrogen-bond donors (Lipinski definition) is 1. The van der Waals surface area contributed by atoms with E-state index in [2.05, 4.69) is 4.99 Å². The normalized spacial score (nSPS) is 13.0. The average molecular weight is 366 g/mol. The second kappa shape index (κ2) is 6.06. The maximum absolute atomic E-state index is 12.3. The molecule has 0 saturated carbocycles. The van der Waals surface area contributed by atoms with Crippen molar-refractivity contribution < 1.29 is 9.90 Å². The second-order valence-electron chi connectivity index (χ2n) is 5.90. The molecule has 3 aromatic rings. The predicted molar refractivity (Wildman–Crippen MR) is 99.8 cm³/mol. The molecule has 1 aliphatic heterocycles. The Morgan fingerprint density at radius 3 is 2.64 bits per heavy atom. The van der Waals surface area contributed by atoms with Crippen molar-refractivity contribution in [2.24, 2.45) is 4.99 Å². The number of thiazole rings is 1. The maximum Gasteiger partial charge on any atom is 0.279 e. The van der Waals surface area contributed by atoms with E-state index >= 15 is 0 Å². The van der Waals surface area contributed by atoms with Gasteiger partial charge in [0.2, 0.25) is 5.88 Å². The summed E-state index contributed by atoms with van der Waals surface area (Å²) in [5, 5.41) is 12.1. The van der Waals surface area contributed by atoms with E-state index in [1.807, 2.05) is 49.4 Å². The van der Waals surface area contributed by atoms with Crippen LogP contribution in [0.25, 0.3) is 5.57 Å². The van der Waals surface area contributed by atoms with E-state index in [0.717, 1.165) is 10.8 Å². The Labute approximate surface area is 153 Å². The molecule has 0 saturated heterocycles. The summed E-state index contributed by atoms with van der Waals surface area (Å²) in [6, 6.07) is 15.4. The van der Waals surface area contributed by atoms with Crippen LogP contribution in [0.15, 0.2) is 53.5 Å². The second-order valence-corrected chi connectivity index (χ2v) is 7.55. The molecule has 1 N–H and O–H groups in total. The smallest absolute Gasteiger partial charge is 0.279 e. The van der Waals surface area contributed by atoms with Gasteiger partial charge in [0, 0.05) is 5.22 Å². The summed E-state index contributed by atoms with van der Waals surface area (Å²) in [6.07, 6.45) is 0. The van der Waals surface area contributed by atoms with Crippen LogP contribution in [-0.2, 0) is 11.3 Å². The van der Waals surface area contributed by atoms with Gasteiger partial charge in [-0.05, 0) is 30.8 Å². The number of aromatic nitrogens is 1. The molecule has 0 radical (unpaired) electrons. The van der Waals surface area contributed by atoms with Gasteiger partial charge in [-0.15, -0.1) is 11.3 Å². The van der Waals surface area contributed by atoms with Gasteiger partial charge in [-0.1, -0.05) is 48.0 Å². The van der Waals surface area contributed by atoms with Crippen molar-refractivity contribution in [1.82, 2.24) is 4.57 Å². The van der Waals surface area contributed by atoms with E-state index in [-0.39, 0.29) is 11.8 Å². The lowest BCUT2D eigenvalue weighted by Gasteiger charge is -2.06. The van der Waals surface area contributed by atoms with Crippen molar-refractivity contribution in [2.75, 3.05) is 0 Å². The zero-order valence-electron chi connectivity index (χ0n) is 13.4. The molecule has 0 unspecified atom stereocenters. The van der Waals surface area contributed by atoms with Crippen molar-refractivity contribution in [3.05, 3.63) is 79.1 Å². The summed E-state index contributed by atoms with van der Waals surface area (Å²) in [7, 11) is 0. The highest BCUT2D eigenvalue weighted by Crippen LogP contribution is 2.33. The first-order chi connectivity index (χ1) is 12.0. The van der Waals surface area contributed by atoms with E-state index in [1.165, 1.54) is 16.9 Å². The maximum atomic E-state index is 12.3. The molecule has 1 aliphatic rings. The number of amides is 1. The van der Waals surface area contributed by atoms with Gasteiger partial charge in [0.15, 0.2) is 3.95 Å². The topological polar surface area (TPSA) is 54.6 Å².